The molecule has 5 rings (SSSR count). The third kappa shape index (κ3) is 4.99. The molecule has 1 N–H and O–H groups in total. The highest BCUT2D eigenvalue weighted by Gasteiger charge is 2.37. The molecule has 40 heavy (non-hydrogen) atoms. The van der Waals surface area contributed by atoms with Crippen molar-refractivity contribution in [2.75, 3.05) is 6.61 Å². The van der Waals surface area contributed by atoms with Gasteiger partial charge in [0.15, 0.2) is 6.10 Å². The number of carboxylic acid groups (broad SMARTS) is 1. The van der Waals surface area contributed by atoms with E-state index in [9.17, 15) is 19.1 Å². The summed E-state index contributed by atoms with van der Waals surface area (Å²) < 4.78 is 26.0. The molecule has 3 aromatic rings. The van der Waals surface area contributed by atoms with E-state index in [2.05, 4.69) is 6.92 Å². The Morgan fingerprint density at radius 1 is 1.00 bits per heavy atom. The highest BCUT2D eigenvalue weighted by atomic mass is 19.1. The summed E-state index contributed by atoms with van der Waals surface area (Å²) >= 11 is 0. The van der Waals surface area contributed by atoms with Crippen LogP contribution in [0.15, 0.2) is 36.4 Å². The number of halogens is 1. The maximum absolute atomic E-state index is 13.9. The molecule has 6 nitrogen and oxygen atoms in total. The van der Waals surface area contributed by atoms with Crippen LogP contribution in [0.25, 0.3) is 11.1 Å². The van der Waals surface area contributed by atoms with Gasteiger partial charge in [0.2, 0.25) is 0 Å². The van der Waals surface area contributed by atoms with Crippen LogP contribution in [0.3, 0.4) is 0 Å². The largest absolute Gasteiger partial charge is 0.493 e. The van der Waals surface area contributed by atoms with Crippen LogP contribution in [0, 0.1) is 26.6 Å². The second-order valence-electron chi connectivity index (χ2n) is 11.8. The van der Waals surface area contributed by atoms with Gasteiger partial charge in [0.1, 0.15) is 11.6 Å². The number of amides is 1. The maximum Gasteiger partial charge on any atom is 0.337 e. The van der Waals surface area contributed by atoms with Gasteiger partial charge in [-0.1, -0.05) is 12.1 Å². The van der Waals surface area contributed by atoms with Crippen molar-refractivity contribution in [1.29, 1.82) is 0 Å². The molecule has 2 aliphatic heterocycles. The van der Waals surface area contributed by atoms with E-state index < -0.39 is 23.5 Å². The smallest absolute Gasteiger partial charge is 0.337 e. The molecule has 2 heterocycles. The second kappa shape index (κ2) is 10.4. The first-order valence-electron chi connectivity index (χ1n) is 13.7. The lowest BCUT2D eigenvalue weighted by atomic mass is 9.81. The van der Waals surface area contributed by atoms with Crippen LogP contribution in [0.4, 0.5) is 4.39 Å². The van der Waals surface area contributed by atoms with E-state index in [-0.39, 0.29) is 11.5 Å². The third-order valence-corrected chi connectivity index (χ3v) is 7.99. The number of carbonyl (C=O) groups excluding carboxylic acids is 1. The van der Waals surface area contributed by atoms with Gasteiger partial charge < -0.3 is 19.5 Å². The highest BCUT2D eigenvalue weighted by molar-refractivity contribution is 5.95. The molecule has 210 valence electrons. The Hall–Kier alpha value is -3.71. The minimum absolute atomic E-state index is 0.263. The minimum atomic E-state index is -1.21. The normalized spacial score (nSPS) is 15.3. The predicted molar refractivity (Wildman–Crippen MR) is 151 cm³/mol. The Morgan fingerprint density at radius 2 is 1.70 bits per heavy atom. The fourth-order valence-corrected chi connectivity index (χ4v) is 6.11. The maximum atomic E-state index is 13.9. The lowest BCUT2D eigenvalue weighted by molar-refractivity contribution is -0.160. The number of ether oxygens (including phenoxy) is 2. The Morgan fingerprint density at radius 3 is 2.35 bits per heavy atom. The highest BCUT2D eigenvalue weighted by Crippen LogP contribution is 2.46. The number of hydrogen-bond donors (Lipinski definition) is 1. The molecule has 2 aliphatic rings. The Bertz CT molecular complexity index is 1520. The van der Waals surface area contributed by atoms with Gasteiger partial charge in [-0.15, -0.1) is 0 Å². The summed E-state index contributed by atoms with van der Waals surface area (Å²) in [5.41, 5.74) is 7.80. The zero-order chi connectivity index (χ0) is 28.9. The molecule has 0 bridgehead atoms. The quantitative estimate of drug-likeness (QED) is 0.380. The number of benzene rings is 3. The molecule has 0 saturated carbocycles. The summed E-state index contributed by atoms with van der Waals surface area (Å²) in [6, 6.07) is 9.69. The van der Waals surface area contributed by atoms with Crippen molar-refractivity contribution in [3.8, 4) is 16.9 Å². The van der Waals surface area contributed by atoms with Crippen LogP contribution >= 0.6 is 0 Å². The molecule has 0 aromatic heterocycles. The van der Waals surface area contributed by atoms with Crippen LogP contribution in [0.2, 0.25) is 0 Å². The zero-order valence-corrected chi connectivity index (χ0v) is 24.0. The van der Waals surface area contributed by atoms with Gasteiger partial charge in [0, 0.05) is 24.2 Å². The number of rotatable bonds is 5. The molecule has 1 amide bonds. The van der Waals surface area contributed by atoms with Gasteiger partial charge in [-0.3, -0.25) is 4.79 Å². The molecular formula is C33H36FNO5. The van der Waals surface area contributed by atoms with Crippen molar-refractivity contribution in [3.63, 3.8) is 0 Å². The van der Waals surface area contributed by atoms with E-state index in [0.29, 0.717) is 25.3 Å². The third-order valence-electron chi connectivity index (χ3n) is 7.99. The molecule has 1 atom stereocenters. The van der Waals surface area contributed by atoms with Crippen LogP contribution in [0.1, 0.15) is 82.6 Å². The van der Waals surface area contributed by atoms with E-state index in [1.54, 1.807) is 11.0 Å². The first-order chi connectivity index (χ1) is 18.9. The summed E-state index contributed by atoms with van der Waals surface area (Å²) in [5.74, 6) is -0.920. The summed E-state index contributed by atoms with van der Waals surface area (Å²) in [6.07, 6.45) is 0.608. The van der Waals surface area contributed by atoms with E-state index in [1.165, 1.54) is 18.2 Å². The van der Waals surface area contributed by atoms with Gasteiger partial charge in [0.05, 0.1) is 12.2 Å². The monoisotopic (exact) mass is 545 g/mol. The molecule has 7 heteroatoms. The topological polar surface area (TPSA) is 76.1 Å². The van der Waals surface area contributed by atoms with Crippen molar-refractivity contribution >= 4 is 11.9 Å². The second-order valence-corrected chi connectivity index (χ2v) is 11.8. The standard InChI is InChI=1S/C33H36FNO5/c1-18-23-11-8-14-39-27(23)13-12-24(18)28-19(2)25-16-35(31(36)21-9-7-10-22(34)15-21)17-26(25)20(3)29(28)30(32(37)38)40-33(4,5)6/h7,9-10,12-13,15,30H,8,11,14,16-17H2,1-6H3,(H,37,38). The number of fused-ring (bicyclic) bond motifs is 2. The van der Waals surface area contributed by atoms with Gasteiger partial charge in [0.25, 0.3) is 5.91 Å². The molecule has 0 saturated heterocycles. The Balaban J connectivity index is 1.71. The predicted octanol–water partition coefficient (Wildman–Crippen LogP) is 6.84. The first-order valence-corrected chi connectivity index (χ1v) is 13.7. The number of nitrogens with zero attached hydrogens (tertiary/aromatic N) is 1. The van der Waals surface area contributed by atoms with Gasteiger partial charge in [-0.25, -0.2) is 9.18 Å². The van der Waals surface area contributed by atoms with Crippen molar-refractivity contribution in [2.24, 2.45) is 0 Å². The van der Waals surface area contributed by atoms with Crippen molar-refractivity contribution in [2.45, 2.75) is 79.2 Å². The number of carbonyl (C=O) groups is 2. The van der Waals surface area contributed by atoms with Crippen molar-refractivity contribution in [3.05, 3.63) is 86.7 Å². The van der Waals surface area contributed by atoms with Crippen LogP contribution in [0.5, 0.6) is 5.75 Å². The average Bonchev–Trinajstić information content (AvgIpc) is 3.35. The summed E-state index contributed by atoms with van der Waals surface area (Å²) in [5, 5.41) is 10.5. The summed E-state index contributed by atoms with van der Waals surface area (Å²) in [4.78, 5) is 27.9. The number of carboxylic acids is 1. The van der Waals surface area contributed by atoms with E-state index >= 15 is 0 Å². The summed E-state index contributed by atoms with van der Waals surface area (Å²) in [6.45, 7) is 12.9. The fraction of sp³-hybridized carbons (Fsp3) is 0.394. The van der Waals surface area contributed by atoms with Crippen molar-refractivity contribution in [1.82, 2.24) is 4.90 Å². The Labute approximate surface area is 234 Å². The van der Waals surface area contributed by atoms with Crippen LogP contribution < -0.4 is 4.74 Å². The molecule has 1 unspecified atom stereocenters. The molecular weight excluding hydrogens is 509 g/mol. The van der Waals surface area contributed by atoms with E-state index in [4.69, 9.17) is 9.47 Å². The Kier molecular flexibility index (Phi) is 7.21. The zero-order valence-electron chi connectivity index (χ0n) is 24.0. The van der Waals surface area contributed by atoms with Gasteiger partial charge in [-0.05, 0) is 123 Å². The minimum Gasteiger partial charge on any atom is -0.493 e. The van der Waals surface area contributed by atoms with Crippen LogP contribution in [-0.4, -0.2) is 34.1 Å². The first kappa shape index (κ1) is 27.8. The van der Waals surface area contributed by atoms with Gasteiger partial charge in [-0.2, -0.15) is 0 Å². The SMILES string of the molecule is Cc1c(-c2c(C)c3c(c(C)c2C(OC(C)(C)C)C(=O)O)CN(C(=O)c2cccc(F)c2)C3)ccc2c1CCCO2. The molecule has 3 aromatic carbocycles. The average molecular weight is 546 g/mol. The van der Waals surface area contributed by atoms with Crippen LogP contribution in [-0.2, 0) is 29.0 Å². The lowest BCUT2D eigenvalue weighted by Crippen LogP contribution is -2.29. The summed E-state index contributed by atoms with van der Waals surface area (Å²) in [7, 11) is 0. The van der Waals surface area contributed by atoms with E-state index in [0.717, 1.165) is 63.1 Å². The molecule has 0 radical (unpaired) electrons. The fourth-order valence-electron chi connectivity index (χ4n) is 6.11. The lowest BCUT2D eigenvalue weighted by Gasteiger charge is -2.31. The molecule has 0 fully saturated rings. The van der Waals surface area contributed by atoms with E-state index in [1.807, 2.05) is 46.8 Å². The number of hydrogen-bond acceptors (Lipinski definition) is 4. The number of aliphatic carboxylic acids is 1. The van der Waals surface area contributed by atoms with Crippen molar-refractivity contribution < 1.29 is 28.6 Å². The van der Waals surface area contributed by atoms with Gasteiger partial charge >= 0.3 is 5.97 Å². The molecule has 0 aliphatic carbocycles. The molecule has 0 spiro atoms.